The first-order valence-corrected chi connectivity index (χ1v) is 8.07. The molecule has 0 spiro atoms. The topological polar surface area (TPSA) is 34.4 Å². The predicted molar refractivity (Wildman–Crippen MR) is 92.1 cm³/mol. The number of imidazole rings is 1. The van der Waals surface area contributed by atoms with Crippen LogP contribution < -0.4 is 10.1 Å². The van der Waals surface area contributed by atoms with Crippen molar-refractivity contribution in [2.75, 3.05) is 0 Å². The van der Waals surface area contributed by atoms with Crippen LogP contribution in [0.2, 0.25) is 10.0 Å². The van der Waals surface area contributed by atoms with Gasteiger partial charge in [-0.3, -0.25) is 4.79 Å². The minimum Gasteiger partial charge on any atom is -0.267 e. The second-order valence-electron chi connectivity index (χ2n) is 4.81. The number of nitrogens with zero attached hydrogens (tertiary/aromatic N) is 2. The molecule has 4 aromatic rings. The summed E-state index contributed by atoms with van der Waals surface area (Å²) in [5.74, 6) is 0. The summed E-state index contributed by atoms with van der Waals surface area (Å²) in [5.41, 5.74) is 2.42. The first-order chi connectivity index (χ1) is 10.6. The summed E-state index contributed by atoms with van der Waals surface area (Å²) in [6.45, 7) is 0. The highest BCUT2D eigenvalue weighted by Crippen LogP contribution is 2.23. The van der Waals surface area contributed by atoms with Crippen LogP contribution in [-0.4, -0.2) is 9.38 Å². The normalized spacial score (nSPS) is 12.5. The van der Waals surface area contributed by atoms with Gasteiger partial charge in [-0.1, -0.05) is 52.7 Å². The van der Waals surface area contributed by atoms with Gasteiger partial charge in [0, 0.05) is 0 Å². The van der Waals surface area contributed by atoms with Crippen molar-refractivity contribution in [3.05, 3.63) is 73.0 Å². The molecule has 0 N–H and O–H groups in total. The second-order valence-corrected chi connectivity index (χ2v) is 6.63. The number of thiazole rings is 1. The van der Waals surface area contributed by atoms with Crippen molar-refractivity contribution in [2.45, 2.75) is 0 Å². The van der Waals surface area contributed by atoms with Crippen LogP contribution in [0, 0.1) is 0 Å². The number of hydrogen-bond donors (Lipinski definition) is 0. The molecule has 3 nitrogen and oxygen atoms in total. The molecule has 0 bridgehead atoms. The van der Waals surface area contributed by atoms with Gasteiger partial charge in [0.2, 0.25) is 0 Å². The molecule has 22 heavy (non-hydrogen) atoms. The molecule has 0 fully saturated rings. The fourth-order valence-electron chi connectivity index (χ4n) is 2.37. The maximum absolute atomic E-state index is 12.6. The Morgan fingerprint density at radius 2 is 1.91 bits per heavy atom. The Kier molecular flexibility index (Phi) is 3.18. The number of para-hydroxylation sites is 2. The van der Waals surface area contributed by atoms with Gasteiger partial charge < -0.3 is 0 Å². The Morgan fingerprint density at radius 3 is 2.73 bits per heavy atom. The van der Waals surface area contributed by atoms with E-state index in [0.29, 0.717) is 19.5 Å². The molecular formula is C16H8Cl2N2OS. The Morgan fingerprint density at radius 1 is 1.09 bits per heavy atom. The fourth-order valence-corrected chi connectivity index (χ4v) is 3.66. The molecule has 0 saturated carbocycles. The van der Waals surface area contributed by atoms with E-state index in [2.05, 4.69) is 4.98 Å². The number of benzene rings is 2. The molecule has 2 aromatic heterocycles. The molecule has 6 heteroatoms. The summed E-state index contributed by atoms with van der Waals surface area (Å²) in [5, 5.41) is 0.961. The molecule has 0 saturated heterocycles. The highest BCUT2D eigenvalue weighted by Gasteiger charge is 2.10. The summed E-state index contributed by atoms with van der Waals surface area (Å²) < 4.78 is 2.26. The quantitative estimate of drug-likeness (QED) is 0.525. The Hall–Kier alpha value is -1.88. The van der Waals surface area contributed by atoms with Crippen LogP contribution >= 0.6 is 34.5 Å². The number of hydrogen-bond acceptors (Lipinski definition) is 3. The van der Waals surface area contributed by atoms with Crippen molar-refractivity contribution < 1.29 is 0 Å². The van der Waals surface area contributed by atoms with Gasteiger partial charge in [0.05, 0.1) is 25.6 Å². The molecule has 0 amide bonds. The molecular weight excluding hydrogens is 339 g/mol. The smallest absolute Gasteiger partial charge is 0.267 e. The standard InChI is InChI=1S/C16H8Cl2N2OS/c17-10-6-5-9(7-11(10)18)8-14-15(21)20-13-4-2-1-3-12(13)19-16(20)22-14/h1-8H/b14-8+. The zero-order valence-electron chi connectivity index (χ0n) is 11.1. The fraction of sp³-hybridized carbons (Fsp3) is 0. The molecule has 0 radical (unpaired) electrons. The molecule has 4 rings (SSSR count). The van der Waals surface area contributed by atoms with Gasteiger partial charge in [0.1, 0.15) is 0 Å². The summed E-state index contributed by atoms with van der Waals surface area (Å²) in [6, 6.07) is 12.9. The van der Waals surface area contributed by atoms with Crippen molar-refractivity contribution in [3.63, 3.8) is 0 Å². The lowest BCUT2D eigenvalue weighted by Crippen LogP contribution is -2.22. The number of aromatic nitrogens is 2. The average molecular weight is 347 g/mol. The molecule has 0 aliphatic heterocycles. The Bertz CT molecular complexity index is 1130. The van der Waals surface area contributed by atoms with Gasteiger partial charge in [-0.25, -0.2) is 9.38 Å². The van der Waals surface area contributed by atoms with E-state index in [1.165, 1.54) is 11.3 Å². The molecule has 108 valence electrons. The highest BCUT2D eigenvalue weighted by atomic mass is 35.5. The molecule has 2 heterocycles. The van der Waals surface area contributed by atoms with Crippen LogP contribution in [0.4, 0.5) is 0 Å². The first-order valence-electron chi connectivity index (χ1n) is 6.50. The van der Waals surface area contributed by atoms with E-state index in [4.69, 9.17) is 23.2 Å². The second kappa shape index (κ2) is 5.09. The Labute approximate surface area is 139 Å². The maximum atomic E-state index is 12.6. The molecule has 2 aromatic carbocycles. The van der Waals surface area contributed by atoms with Crippen molar-refractivity contribution in [2.24, 2.45) is 0 Å². The van der Waals surface area contributed by atoms with Gasteiger partial charge in [-0.2, -0.15) is 0 Å². The van der Waals surface area contributed by atoms with Crippen molar-refractivity contribution in [1.29, 1.82) is 0 Å². The van der Waals surface area contributed by atoms with Gasteiger partial charge in [-0.15, -0.1) is 0 Å². The summed E-state index contributed by atoms with van der Waals surface area (Å²) in [4.78, 5) is 17.8. The third-order valence-electron chi connectivity index (χ3n) is 3.39. The summed E-state index contributed by atoms with van der Waals surface area (Å²) in [6.07, 6.45) is 1.80. The lowest BCUT2D eigenvalue weighted by molar-refractivity contribution is 1.19. The van der Waals surface area contributed by atoms with Crippen LogP contribution in [0.3, 0.4) is 0 Å². The van der Waals surface area contributed by atoms with Crippen LogP contribution in [0.5, 0.6) is 0 Å². The van der Waals surface area contributed by atoms with Crippen LogP contribution in [0.15, 0.2) is 47.3 Å². The molecule has 0 unspecified atom stereocenters. The Balaban J connectivity index is 1.99. The third kappa shape index (κ3) is 2.11. The van der Waals surface area contributed by atoms with Crippen molar-refractivity contribution >= 4 is 56.6 Å². The van der Waals surface area contributed by atoms with Crippen LogP contribution in [0.25, 0.3) is 22.1 Å². The van der Waals surface area contributed by atoms with E-state index in [-0.39, 0.29) is 5.56 Å². The van der Waals surface area contributed by atoms with E-state index >= 15 is 0 Å². The number of rotatable bonds is 1. The van der Waals surface area contributed by atoms with Crippen LogP contribution in [-0.2, 0) is 0 Å². The van der Waals surface area contributed by atoms with Gasteiger partial charge in [0.25, 0.3) is 5.56 Å². The zero-order valence-corrected chi connectivity index (χ0v) is 13.4. The molecule has 0 aliphatic rings. The molecule has 0 aliphatic carbocycles. The van der Waals surface area contributed by atoms with Crippen LogP contribution in [0.1, 0.15) is 5.56 Å². The van der Waals surface area contributed by atoms with Gasteiger partial charge in [-0.05, 0) is 35.9 Å². The largest absolute Gasteiger partial charge is 0.274 e. The lowest BCUT2D eigenvalue weighted by atomic mass is 10.2. The van der Waals surface area contributed by atoms with E-state index in [0.717, 1.165) is 16.6 Å². The zero-order chi connectivity index (χ0) is 15.3. The average Bonchev–Trinajstić information content (AvgIpc) is 3.00. The maximum Gasteiger partial charge on any atom is 0.274 e. The highest BCUT2D eigenvalue weighted by molar-refractivity contribution is 7.15. The van der Waals surface area contributed by atoms with E-state index in [1.807, 2.05) is 30.3 Å². The summed E-state index contributed by atoms with van der Waals surface area (Å²) >= 11 is 13.3. The lowest BCUT2D eigenvalue weighted by Gasteiger charge is -1.96. The first kappa shape index (κ1) is 13.8. The van der Waals surface area contributed by atoms with Gasteiger partial charge >= 0.3 is 0 Å². The SMILES string of the molecule is O=c1/c(=C\c2ccc(Cl)c(Cl)c2)sc2nc3ccccc3n12. The molecule has 0 atom stereocenters. The van der Waals surface area contributed by atoms with Crippen molar-refractivity contribution in [3.8, 4) is 0 Å². The van der Waals surface area contributed by atoms with Gasteiger partial charge in [0.15, 0.2) is 4.96 Å². The predicted octanol–water partition coefficient (Wildman–Crippen LogP) is 3.76. The number of fused-ring (bicyclic) bond motifs is 3. The third-order valence-corrected chi connectivity index (χ3v) is 5.09. The van der Waals surface area contributed by atoms with E-state index < -0.39 is 0 Å². The van der Waals surface area contributed by atoms with E-state index in [1.54, 1.807) is 22.6 Å². The monoisotopic (exact) mass is 346 g/mol. The van der Waals surface area contributed by atoms with E-state index in [9.17, 15) is 4.79 Å². The minimum absolute atomic E-state index is 0.0697. The minimum atomic E-state index is -0.0697. The van der Waals surface area contributed by atoms with Crippen molar-refractivity contribution in [1.82, 2.24) is 9.38 Å². The number of halogens is 2. The summed E-state index contributed by atoms with van der Waals surface area (Å²) in [7, 11) is 0.